The van der Waals surface area contributed by atoms with Gasteiger partial charge in [0.15, 0.2) is 0 Å². The van der Waals surface area contributed by atoms with Crippen LogP contribution in [0.2, 0.25) is 5.02 Å². The van der Waals surface area contributed by atoms with Gasteiger partial charge in [0, 0.05) is 26.0 Å². The molecule has 6 heteroatoms. The van der Waals surface area contributed by atoms with Crippen LogP contribution in [0.3, 0.4) is 0 Å². The predicted octanol–water partition coefficient (Wildman–Crippen LogP) is 2.16. The molecule has 1 saturated carbocycles. The zero-order valence-electron chi connectivity index (χ0n) is 9.63. The van der Waals surface area contributed by atoms with Crippen LogP contribution < -0.4 is 0 Å². The summed E-state index contributed by atoms with van der Waals surface area (Å²) >= 11 is 5.89. The van der Waals surface area contributed by atoms with Crippen molar-refractivity contribution in [3.8, 4) is 0 Å². The van der Waals surface area contributed by atoms with Crippen LogP contribution in [0.4, 0.5) is 0 Å². The molecule has 0 spiro atoms. The fourth-order valence-electron chi connectivity index (χ4n) is 1.86. The topological polar surface area (TPSA) is 50.3 Å². The summed E-state index contributed by atoms with van der Waals surface area (Å²) in [5.41, 5.74) is 0. The maximum Gasteiger partial charge on any atom is 0.245 e. The molecule has 1 aromatic heterocycles. The Morgan fingerprint density at radius 1 is 1.53 bits per heavy atom. The van der Waals surface area contributed by atoms with Gasteiger partial charge in [0.25, 0.3) is 0 Å². The molecule has 1 heterocycles. The van der Waals surface area contributed by atoms with E-state index in [1.807, 2.05) is 0 Å². The van der Waals surface area contributed by atoms with Crippen molar-refractivity contribution in [2.75, 3.05) is 13.6 Å². The summed E-state index contributed by atoms with van der Waals surface area (Å²) in [6.07, 6.45) is 6.20. The van der Waals surface area contributed by atoms with Crippen LogP contribution in [-0.4, -0.2) is 31.3 Å². The van der Waals surface area contributed by atoms with Gasteiger partial charge in [-0.15, -0.1) is 0 Å². The van der Waals surface area contributed by atoms with Crippen molar-refractivity contribution in [1.82, 2.24) is 9.29 Å². The fourth-order valence-corrected chi connectivity index (χ4v) is 3.51. The van der Waals surface area contributed by atoms with E-state index < -0.39 is 10.0 Å². The minimum absolute atomic E-state index is 0.0866. The van der Waals surface area contributed by atoms with E-state index in [2.05, 4.69) is 4.98 Å². The van der Waals surface area contributed by atoms with Crippen molar-refractivity contribution >= 4 is 21.6 Å². The number of aromatic nitrogens is 1. The van der Waals surface area contributed by atoms with Crippen LogP contribution in [0.1, 0.15) is 19.3 Å². The van der Waals surface area contributed by atoms with Crippen molar-refractivity contribution in [3.05, 3.63) is 23.5 Å². The lowest BCUT2D eigenvalue weighted by atomic mass is 9.86. The van der Waals surface area contributed by atoms with Crippen molar-refractivity contribution in [2.45, 2.75) is 24.2 Å². The minimum atomic E-state index is -3.50. The molecule has 1 aromatic rings. The molecular formula is C11H15ClN2O2S. The number of pyridine rings is 1. The second-order valence-electron chi connectivity index (χ2n) is 4.39. The first-order valence-corrected chi connectivity index (χ1v) is 7.39. The number of nitrogens with zero attached hydrogens (tertiary/aromatic N) is 2. The highest BCUT2D eigenvalue weighted by Crippen LogP contribution is 2.29. The van der Waals surface area contributed by atoms with E-state index in [-0.39, 0.29) is 9.92 Å². The third-order valence-electron chi connectivity index (χ3n) is 3.16. The van der Waals surface area contributed by atoms with Gasteiger partial charge in [-0.1, -0.05) is 18.0 Å². The monoisotopic (exact) mass is 274 g/mol. The van der Waals surface area contributed by atoms with Gasteiger partial charge >= 0.3 is 0 Å². The highest BCUT2D eigenvalue weighted by atomic mass is 35.5. The fraction of sp³-hybridized carbons (Fsp3) is 0.545. The van der Waals surface area contributed by atoms with Crippen molar-refractivity contribution in [2.24, 2.45) is 5.92 Å². The standard InChI is InChI=1S/C11H15ClN2O2S/c1-14(8-9-3-2-4-9)17(15,16)11-7-13-6-5-10(11)12/h5-7,9H,2-4,8H2,1H3. The summed E-state index contributed by atoms with van der Waals surface area (Å²) in [6, 6.07) is 1.49. The second-order valence-corrected chi connectivity index (χ2v) is 6.81. The Labute approximate surface area is 107 Å². The molecule has 1 aliphatic rings. The summed E-state index contributed by atoms with van der Waals surface area (Å²) in [6.45, 7) is 0.563. The molecule has 0 atom stereocenters. The molecule has 17 heavy (non-hydrogen) atoms. The van der Waals surface area contributed by atoms with E-state index in [4.69, 9.17) is 11.6 Å². The van der Waals surface area contributed by atoms with E-state index in [9.17, 15) is 8.42 Å². The molecule has 0 aromatic carbocycles. The maximum absolute atomic E-state index is 12.2. The van der Waals surface area contributed by atoms with Gasteiger partial charge in [-0.25, -0.2) is 12.7 Å². The lowest BCUT2D eigenvalue weighted by molar-refractivity contribution is 0.263. The Balaban J connectivity index is 2.20. The summed E-state index contributed by atoms with van der Waals surface area (Å²) in [5.74, 6) is 0.491. The van der Waals surface area contributed by atoms with E-state index in [0.717, 1.165) is 12.8 Å². The molecule has 1 aliphatic carbocycles. The van der Waals surface area contributed by atoms with Crippen molar-refractivity contribution < 1.29 is 8.42 Å². The van der Waals surface area contributed by atoms with Crippen LogP contribution in [-0.2, 0) is 10.0 Å². The normalized spacial score (nSPS) is 17.1. The average Bonchev–Trinajstić information content (AvgIpc) is 2.23. The van der Waals surface area contributed by atoms with Crippen molar-refractivity contribution in [1.29, 1.82) is 0 Å². The third-order valence-corrected chi connectivity index (χ3v) is 5.45. The van der Waals surface area contributed by atoms with E-state index in [1.54, 1.807) is 7.05 Å². The van der Waals surface area contributed by atoms with Crippen LogP contribution in [0.15, 0.2) is 23.4 Å². The zero-order valence-corrected chi connectivity index (χ0v) is 11.2. The van der Waals surface area contributed by atoms with Gasteiger partial charge in [-0.2, -0.15) is 0 Å². The lowest BCUT2D eigenvalue weighted by Crippen LogP contribution is -2.34. The Kier molecular flexibility index (Phi) is 3.70. The maximum atomic E-state index is 12.2. The number of halogens is 1. The molecule has 0 aliphatic heterocycles. The third kappa shape index (κ3) is 2.61. The highest BCUT2D eigenvalue weighted by Gasteiger charge is 2.28. The summed E-state index contributed by atoms with van der Waals surface area (Å²) < 4.78 is 25.8. The molecular weight excluding hydrogens is 260 g/mol. The van der Waals surface area contributed by atoms with E-state index >= 15 is 0 Å². The molecule has 2 rings (SSSR count). The molecule has 4 nitrogen and oxygen atoms in total. The Morgan fingerprint density at radius 3 is 2.76 bits per heavy atom. The number of hydrogen-bond acceptors (Lipinski definition) is 3. The van der Waals surface area contributed by atoms with Gasteiger partial charge < -0.3 is 0 Å². The Hall–Kier alpha value is -0.650. The SMILES string of the molecule is CN(CC1CCC1)S(=O)(=O)c1cnccc1Cl. The van der Waals surface area contributed by atoms with Crippen LogP contribution in [0.25, 0.3) is 0 Å². The summed E-state index contributed by atoms with van der Waals surface area (Å²) in [5, 5.41) is 0.223. The molecule has 0 amide bonds. The first-order chi connectivity index (χ1) is 8.01. The molecule has 0 radical (unpaired) electrons. The van der Waals surface area contributed by atoms with E-state index in [0.29, 0.717) is 12.5 Å². The molecule has 94 valence electrons. The van der Waals surface area contributed by atoms with E-state index in [1.165, 1.54) is 29.2 Å². The summed E-state index contributed by atoms with van der Waals surface area (Å²) in [7, 11) is -1.91. The summed E-state index contributed by atoms with van der Waals surface area (Å²) in [4.78, 5) is 3.90. The first-order valence-electron chi connectivity index (χ1n) is 5.57. The predicted molar refractivity (Wildman–Crippen MR) is 66.4 cm³/mol. The van der Waals surface area contributed by atoms with Crippen LogP contribution in [0, 0.1) is 5.92 Å². The Morgan fingerprint density at radius 2 is 2.24 bits per heavy atom. The molecule has 0 bridgehead atoms. The number of rotatable bonds is 4. The largest absolute Gasteiger partial charge is 0.263 e. The van der Waals surface area contributed by atoms with Gasteiger partial charge in [-0.05, 0) is 24.8 Å². The van der Waals surface area contributed by atoms with Crippen LogP contribution >= 0.6 is 11.6 Å². The first kappa shape index (κ1) is 12.8. The molecule has 1 fully saturated rings. The minimum Gasteiger partial charge on any atom is -0.263 e. The lowest BCUT2D eigenvalue weighted by Gasteiger charge is -2.29. The van der Waals surface area contributed by atoms with Crippen molar-refractivity contribution in [3.63, 3.8) is 0 Å². The number of sulfonamides is 1. The average molecular weight is 275 g/mol. The Bertz CT molecular complexity index is 500. The smallest absolute Gasteiger partial charge is 0.245 e. The van der Waals surface area contributed by atoms with Crippen LogP contribution in [0.5, 0.6) is 0 Å². The van der Waals surface area contributed by atoms with Gasteiger partial charge in [0.05, 0.1) is 5.02 Å². The van der Waals surface area contributed by atoms with Gasteiger partial charge in [0.1, 0.15) is 4.90 Å². The molecule has 0 unspecified atom stereocenters. The van der Waals surface area contributed by atoms with Gasteiger partial charge in [-0.3, -0.25) is 4.98 Å². The molecule has 0 saturated heterocycles. The molecule has 0 N–H and O–H groups in total. The van der Waals surface area contributed by atoms with Gasteiger partial charge in [0.2, 0.25) is 10.0 Å². The number of hydrogen-bond donors (Lipinski definition) is 0. The zero-order chi connectivity index (χ0) is 12.5. The quantitative estimate of drug-likeness (QED) is 0.845. The highest BCUT2D eigenvalue weighted by molar-refractivity contribution is 7.89. The second kappa shape index (κ2) is 4.92.